The van der Waals surface area contributed by atoms with Crippen LogP contribution in [0.25, 0.3) is 11.0 Å². The van der Waals surface area contributed by atoms with Gasteiger partial charge in [0.15, 0.2) is 5.65 Å². The van der Waals surface area contributed by atoms with Gasteiger partial charge in [-0.15, -0.1) is 0 Å². The maximum absolute atomic E-state index is 13.7. The SMILES string of the molecule is C/C(=N/O)C(=N)Cn1ncc2c(N3CCC(F)(F)C3)cc(C3CC3)nc21. The highest BCUT2D eigenvalue weighted by Gasteiger charge is 2.39. The van der Waals surface area contributed by atoms with Crippen molar-refractivity contribution in [3.63, 3.8) is 0 Å². The molecule has 0 unspecified atom stereocenters. The van der Waals surface area contributed by atoms with E-state index in [0.717, 1.165) is 24.2 Å². The van der Waals surface area contributed by atoms with Gasteiger partial charge < -0.3 is 15.5 Å². The Kier molecular flexibility index (Phi) is 3.89. The third-order valence-electron chi connectivity index (χ3n) is 5.01. The van der Waals surface area contributed by atoms with Gasteiger partial charge in [-0.25, -0.2) is 18.4 Å². The molecule has 138 valence electrons. The number of alkyl halides is 2. The van der Waals surface area contributed by atoms with Crippen LogP contribution in [0.15, 0.2) is 17.4 Å². The van der Waals surface area contributed by atoms with E-state index in [4.69, 9.17) is 15.6 Å². The largest absolute Gasteiger partial charge is 0.411 e. The van der Waals surface area contributed by atoms with Crippen LogP contribution in [0.1, 0.15) is 37.8 Å². The third kappa shape index (κ3) is 3.02. The fraction of sp³-hybridized carbons (Fsp3) is 0.529. The van der Waals surface area contributed by atoms with Crippen LogP contribution < -0.4 is 4.90 Å². The number of anilines is 1. The Morgan fingerprint density at radius 1 is 1.46 bits per heavy atom. The highest BCUT2D eigenvalue weighted by Crippen LogP contribution is 2.43. The predicted molar refractivity (Wildman–Crippen MR) is 93.9 cm³/mol. The monoisotopic (exact) mass is 362 g/mol. The summed E-state index contributed by atoms with van der Waals surface area (Å²) in [6.07, 6.45) is 3.56. The second kappa shape index (κ2) is 6.00. The molecule has 0 atom stereocenters. The van der Waals surface area contributed by atoms with Gasteiger partial charge in [0, 0.05) is 24.6 Å². The summed E-state index contributed by atoms with van der Waals surface area (Å²) in [6.45, 7) is 1.64. The number of nitrogens with one attached hydrogen (secondary N) is 1. The first kappa shape index (κ1) is 16.9. The number of aromatic nitrogens is 3. The van der Waals surface area contributed by atoms with Crippen molar-refractivity contribution in [1.82, 2.24) is 14.8 Å². The summed E-state index contributed by atoms with van der Waals surface area (Å²) in [7, 11) is 0. The number of oxime groups is 1. The highest BCUT2D eigenvalue weighted by molar-refractivity contribution is 6.40. The second-order valence-corrected chi connectivity index (χ2v) is 7.07. The number of pyridine rings is 1. The average Bonchev–Trinajstić information content (AvgIpc) is 3.30. The fourth-order valence-corrected chi connectivity index (χ4v) is 3.28. The highest BCUT2D eigenvalue weighted by atomic mass is 19.3. The molecule has 2 aliphatic rings. The molecule has 1 saturated carbocycles. The standard InChI is InChI=1S/C17H20F2N6O/c1-10(23-26)13(20)8-25-16-12(7-21-25)15(6-14(22-16)11-2-3-11)24-5-4-17(18,19)9-24/h6-7,11,20,26H,2-5,8-9H2,1H3/b20-13?,23-10-. The van der Waals surface area contributed by atoms with Crippen molar-refractivity contribution in [2.75, 3.05) is 18.0 Å². The van der Waals surface area contributed by atoms with Gasteiger partial charge in [0.05, 0.1) is 41.8 Å². The lowest BCUT2D eigenvalue weighted by Crippen LogP contribution is -2.25. The molecule has 2 aromatic rings. The molecule has 26 heavy (non-hydrogen) atoms. The predicted octanol–water partition coefficient (Wildman–Crippen LogP) is 3.02. The molecule has 9 heteroatoms. The van der Waals surface area contributed by atoms with E-state index in [9.17, 15) is 8.78 Å². The summed E-state index contributed by atoms with van der Waals surface area (Å²) in [4.78, 5) is 6.39. The van der Waals surface area contributed by atoms with Crippen LogP contribution in [0.3, 0.4) is 0 Å². The number of halogens is 2. The summed E-state index contributed by atoms with van der Waals surface area (Å²) in [6, 6.07) is 1.92. The van der Waals surface area contributed by atoms with Crippen LogP contribution in [0.5, 0.6) is 0 Å². The molecule has 0 bridgehead atoms. The zero-order valence-corrected chi connectivity index (χ0v) is 14.4. The molecular formula is C17H20F2N6O. The summed E-state index contributed by atoms with van der Waals surface area (Å²) in [5.41, 5.74) is 2.52. The minimum absolute atomic E-state index is 0.107. The Labute approximate surface area is 148 Å². The van der Waals surface area contributed by atoms with Crippen LogP contribution >= 0.6 is 0 Å². The fourth-order valence-electron chi connectivity index (χ4n) is 3.28. The molecule has 2 N–H and O–H groups in total. The maximum atomic E-state index is 13.7. The van der Waals surface area contributed by atoms with E-state index in [2.05, 4.69) is 10.3 Å². The lowest BCUT2D eigenvalue weighted by Gasteiger charge is -2.20. The van der Waals surface area contributed by atoms with Gasteiger partial charge >= 0.3 is 0 Å². The summed E-state index contributed by atoms with van der Waals surface area (Å²) in [5, 5.41) is 24.9. The quantitative estimate of drug-likeness (QED) is 0.486. The lowest BCUT2D eigenvalue weighted by molar-refractivity contribution is 0.0257. The lowest BCUT2D eigenvalue weighted by atomic mass is 10.2. The van der Waals surface area contributed by atoms with E-state index >= 15 is 0 Å². The Morgan fingerprint density at radius 2 is 2.23 bits per heavy atom. The van der Waals surface area contributed by atoms with E-state index in [0.29, 0.717) is 23.5 Å². The Morgan fingerprint density at radius 3 is 2.85 bits per heavy atom. The minimum atomic E-state index is -2.68. The topological polar surface area (TPSA) is 90.4 Å². The number of fused-ring (bicyclic) bond motifs is 1. The van der Waals surface area contributed by atoms with Crippen LogP contribution in [-0.2, 0) is 6.54 Å². The molecule has 1 saturated heterocycles. The number of nitrogens with zero attached hydrogens (tertiary/aromatic N) is 5. The van der Waals surface area contributed by atoms with Crippen molar-refractivity contribution in [1.29, 1.82) is 5.41 Å². The van der Waals surface area contributed by atoms with Crippen LogP contribution in [0, 0.1) is 5.41 Å². The molecule has 2 fully saturated rings. The summed E-state index contributed by atoms with van der Waals surface area (Å²) >= 11 is 0. The van der Waals surface area contributed by atoms with Crippen LogP contribution in [0.4, 0.5) is 14.5 Å². The first-order chi connectivity index (χ1) is 12.4. The molecular weight excluding hydrogens is 342 g/mol. The molecule has 3 heterocycles. The van der Waals surface area contributed by atoms with E-state index < -0.39 is 5.92 Å². The number of hydrogen-bond acceptors (Lipinski definition) is 6. The van der Waals surface area contributed by atoms with E-state index in [1.54, 1.807) is 15.8 Å². The van der Waals surface area contributed by atoms with E-state index in [1.165, 1.54) is 6.92 Å². The first-order valence-corrected chi connectivity index (χ1v) is 8.63. The number of hydrogen-bond donors (Lipinski definition) is 2. The van der Waals surface area contributed by atoms with Crippen LogP contribution in [-0.4, -0.2) is 50.4 Å². The van der Waals surface area contributed by atoms with Gasteiger partial charge in [0.2, 0.25) is 0 Å². The molecule has 1 aliphatic heterocycles. The van der Waals surface area contributed by atoms with Crippen molar-refractivity contribution in [3.8, 4) is 0 Å². The summed E-state index contributed by atoms with van der Waals surface area (Å²) < 4.78 is 29.0. The van der Waals surface area contributed by atoms with E-state index in [1.807, 2.05) is 6.07 Å². The molecule has 0 aromatic carbocycles. The maximum Gasteiger partial charge on any atom is 0.266 e. The second-order valence-electron chi connectivity index (χ2n) is 7.07. The molecule has 2 aromatic heterocycles. The Balaban J connectivity index is 1.76. The molecule has 7 nitrogen and oxygen atoms in total. The van der Waals surface area contributed by atoms with Gasteiger partial charge in [0.1, 0.15) is 0 Å². The van der Waals surface area contributed by atoms with Gasteiger partial charge in [-0.2, -0.15) is 5.10 Å². The molecule has 4 rings (SSSR count). The molecule has 0 radical (unpaired) electrons. The minimum Gasteiger partial charge on any atom is -0.411 e. The zero-order chi connectivity index (χ0) is 18.5. The smallest absolute Gasteiger partial charge is 0.266 e. The van der Waals surface area contributed by atoms with Crippen molar-refractivity contribution < 1.29 is 14.0 Å². The van der Waals surface area contributed by atoms with Crippen molar-refractivity contribution in [2.45, 2.75) is 44.6 Å². The van der Waals surface area contributed by atoms with Gasteiger partial charge in [0.25, 0.3) is 5.92 Å². The zero-order valence-electron chi connectivity index (χ0n) is 14.4. The van der Waals surface area contributed by atoms with Crippen molar-refractivity contribution in [3.05, 3.63) is 18.0 Å². The Hall–Kier alpha value is -2.58. The van der Waals surface area contributed by atoms with Gasteiger partial charge in [-0.05, 0) is 25.8 Å². The van der Waals surface area contributed by atoms with Crippen molar-refractivity contribution in [2.24, 2.45) is 5.16 Å². The third-order valence-corrected chi connectivity index (χ3v) is 5.01. The number of rotatable bonds is 5. The van der Waals surface area contributed by atoms with Crippen molar-refractivity contribution >= 4 is 28.1 Å². The first-order valence-electron chi connectivity index (χ1n) is 8.63. The average molecular weight is 362 g/mol. The van der Waals surface area contributed by atoms with E-state index in [-0.39, 0.29) is 30.9 Å². The molecule has 0 amide bonds. The molecule has 1 aliphatic carbocycles. The summed E-state index contributed by atoms with van der Waals surface area (Å²) in [5.74, 6) is -2.31. The Bertz CT molecular complexity index is 902. The molecule has 0 spiro atoms. The van der Waals surface area contributed by atoms with Gasteiger partial charge in [-0.1, -0.05) is 5.16 Å². The van der Waals surface area contributed by atoms with Crippen LogP contribution in [0.2, 0.25) is 0 Å². The van der Waals surface area contributed by atoms with Gasteiger partial charge in [-0.3, -0.25) is 0 Å². The normalized spacial score (nSPS) is 20.1.